The summed E-state index contributed by atoms with van der Waals surface area (Å²) >= 11 is 7.13. The summed E-state index contributed by atoms with van der Waals surface area (Å²) in [6, 6.07) is 13.6. The minimum Gasteiger partial charge on any atom is -0.456 e. The number of benzene rings is 2. The van der Waals surface area contributed by atoms with Gasteiger partial charge in [0.25, 0.3) is 5.91 Å². The number of carbonyl (C=O) groups is 3. The first-order chi connectivity index (χ1) is 13.5. The molecule has 1 unspecified atom stereocenters. The normalized spacial score (nSPS) is 15.0. The van der Waals surface area contributed by atoms with Crippen LogP contribution in [0.3, 0.4) is 0 Å². The molecule has 1 heterocycles. The molecule has 0 saturated heterocycles. The maximum Gasteiger partial charge on any atom is 0.307 e. The van der Waals surface area contributed by atoms with Crippen LogP contribution in [0, 0.1) is 11.3 Å². The number of nitrogens with one attached hydrogen (secondary N) is 2. The van der Waals surface area contributed by atoms with Crippen molar-refractivity contribution in [3.05, 3.63) is 53.1 Å². The second-order valence-electron chi connectivity index (χ2n) is 5.81. The zero-order valence-electron chi connectivity index (χ0n) is 14.4. The summed E-state index contributed by atoms with van der Waals surface area (Å²) < 4.78 is 4.96. The summed E-state index contributed by atoms with van der Waals surface area (Å²) in [6.07, 6.45) is -0.168. The molecule has 0 bridgehead atoms. The topological polar surface area (TPSA) is 108 Å². The molecule has 1 atom stereocenters. The number of anilines is 2. The number of thioether (sulfide) groups is 1. The van der Waals surface area contributed by atoms with Gasteiger partial charge in [0, 0.05) is 9.92 Å². The number of rotatable bonds is 5. The van der Waals surface area contributed by atoms with E-state index in [1.807, 2.05) is 24.3 Å². The van der Waals surface area contributed by atoms with Gasteiger partial charge < -0.3 is 15.4 Å². The molecule has 0 radical (unpaired) electrons. The van der Waals surface area contributed by atoms with E-state index in [9.17, 15) is 14.4 Å². The third kappa shape index (κ3) is 4.82. The first-order valence-corrected chi connectivity index (χ1v) is 9.43. The lowest BCUT2D eigenvalue weighted by atomic mass is 10.2. The van der Waals surface area contributed by atoms with Gasteiger partial charge in [-0.3, -0.25) is 14.4 Å². The summed E-state index contributed by atoms with van der Waals surface area (Å²) in [7, 11) is 0. The molecule has 2 amide bonds. The Morgan fingerprint density at radius 2 is 2.07 bits per heavy atom. The summed E-state index contributed by atoms with van der Waals surface area (Å²) in [5.41, 5.74) is 1.17. The highest BCUT2D eigenvalue weighted by Gasteiger charge is 2.29. The summed E-state index contributed by atoms with van der Waals surface area (Å²) in [6.45, 7) is -0.536. The second-order valence-corrected chi connectivity index (χ2v) is 7.49. The van der Waals surface area contributed by atoms with Crippen molar-refractivity contribution < 1.29 is 19.1 Å². The largest absolute Gasteiger partial charge is 0.456 e. The first-order valence-electron chi connectivity index (χ1n) is 8.18. The molecule has 0 aromatic heterocycles. The Bertz CT molecular complexity index is 989. The number of halogens is 1. The van der Waals surface area contributed by atoms with E-state index >= 15 is 0 Å². The second kappa shape index (κ2) is 8.78. The van der Waals surface area contributed by atoms with Crippen molar-refractivity contribution in [2.75, 3.05) is 17.2 Å². The monoisotopic (exact) mass is 415 g/mol. The maximum atomic E-state index is 12.1. The van der Waals surface area contributed by atoms with Gasteiger partial charge in [0.1, 0.15) is 6.07 Å². The van der Waals surface area contributed by atoms with Crippen LogP contribution in [0.4, 0.5) is 11.4 Å². The third-order valence-corrected chi connectivity index (χ3v) is 5.31. The molecular weight excluding hydrogens is 402 g/mol. The molecule has 9 heteroatoms. The molecule has 7 nitrogen and oxygen atoms in total. The van der Waals surface area contributed by atoms with E-state index in [0.717, 1.165) is 4.90 Å². The van der Waals surface area contributed by atoms with E-state index in [0.29, 0.717) is 10.7 Å². The molecule has 1 aliphatic rings. The van der Waals surface area contributed by atoms with Crippen molar-refractivity contribution in [1.82, 2.24) is 0 Å². The van der Waals surface area contributed by atoms with Gasteiger partial charge in [0.2, 0.25) is 5.91 Å². The fraction of sp³-hybridized carbons (Fsp3) is 0.158. The van der Waals surface area contributed by atoms with Gasteiger partial charge in [-0.05, 0) is 30.3 Å². The summed E-state index contributed by atoms with van der Waals surface area (Å²) in [5, 5.41) is 14.0. The highest BCUT2D eigenvalue weighted by molar-refractivity contribution is 8.01. The van der Waals surface area contributed by atoms with Crippen molar-refractivity contribution >= 4 is 52.5 Å². The van der Waals surface area contributed by atoms with Crippen LogP contribution in [0.2, 0.25) is 5.02 Å². The fourth-order valence-corrected chi connectivity index (χ4v) is 3.75. The molecule has 2 aromatic carbocycles. The number of hydrogen-bond acceptors (Lipinski definition) is 6. The SMILES string of the molecule is N#Cc1ccc(Cl)cc1NC(=O)COC(=O)CC1Sc2ccccc2NC1=O. The van der Waals surface area contributed by atoms with Crippen LogP contribution >= 0.6 is 23.4 Å². The lowest BCUT2D eigenvalue weighted by Gasteiger charge is -2.23. The summed E-state index contributed by atoms with van der Waals surface area (Å²) in [5.74, 6) is -1.57. The lowest BCUT2D eigenvalue weighted by Crippen LogP contribution is -2.32. The quantitative estimate of drug-likeness (QED) is 0.726. The minimum atomic E-state index is -0.672. The number of hydrogen-bond donors (Lipinski definition) is 2. The number of esters is 1. The molecule has 1 aliphatic heterocycles. The van der Waals surface area contributed by atoms with Crippen LogP contribution in [-0.2, 0) is 19.1 Å². The average Bonchev–Trinajstić information content (AvgIpc) is 2.67. The number of fused-ring (bicyclic) bond motifs is 1. The van der Waals surface area contributed by atoms with E-state index in [2.05, 4.69) is 10.6 Å². The van der Waals surface area contributed by atoms with Crippen LogP contribution in [0.5, 0.6) is 0 Å². The van der Waals surface area contributed by atoms with E-state index < -0.39 is 23.7 Å². The molecular formula is C19H14ClN3O4S. The van der Waals surface area contributed by atoms with E-state index in [1.165, 1.54) is 30.0 Å². The fourth-order valence-electron chi connectivity index (χ4n) is 2.49. The van der Waals surface area contributed by atoms with Crippen LogP contribution in [-0.4, -0.2) is 29.6 Å². The van der Waals surface area contributed by atoms with Crippen LogP contribution in [0.15, 0.2) is 47.4 Å². The number of carbonyl (C=O) groups excluding carboxylic acids is 3. The Balaban J connectivity index is 1.52. The van der Waals surface area contributed by atoms with Crippen molar-refractivity contribution in [2.24, 2.45) is 0 Å². The van der Waals surface area contributed by atoms with Crippen molar-refractivity contribution in [3.63, 3.8) is 0 Å². The van der Waals surface area contributed by atoms with Gasteiger partial charge >= 0.3 is 5.97 Å². The highest BCUT2D eigenvalue weighted by Crippen LogP contribution is 2.36. The van der Waals surface area contributed by atoms with Gasteiger partial charge in [-0.2, -0.15) is 5.26 Å². The maximum absolute atomic E-state index is 12.1. The number of ether oxygens (including phenoxy) is 1. The predicted molar refractivity (Wildman–Crippen MR) is 105 cm³/mol. The molecule has 3 rings (SSSR count). The van der Waals surface area contributed by atoms with Gasteiger partial charge in [-0.1, -0.05) is 23.7 Å². The van der Waals surface area contributed by atoms with E-state index in [1.54, 1.807) is 6.07 Å². The predicted octanol–water partition coefficient (Wildman–Crippen LogP) is 3.20. The van der Waals surface area contributed by atoms with Crippen molar-refractivity contribution in [3.8, 4) is 6.07 Å². The van der Waals surface area contributed by atoms with Crippen molar-refractivity contribution in [1.29, 1.82) is 5.26 Å². The Kier molecular flexibility index (Phi) is 6.19. The van der Waals surface area contributed by atoms with Crippen LogP contribution in [0.25, 0.3) is 0 Å². The average molecular weight is 416 g/mol. The Labute approximate surface area is 170 Å². The standard InChI is InChI=1S/C19H14ClN3O4S/c20-12-6-5-11(9-21)14(7-12)22-17(24)10-27-18(25)8-16-19(26)23-13-3-1-2-4-15(13)28-16/h1-7,16H,8,10H2,(H,22,24)(H,23,26). The first kappa shape index (κ1) is 19.7. The smallest absolute Gasteiger partial charge is 0.307 e. The van der Waals surface area contributed by atoms with E-state index in [4.69, 9.17) is 21.6 Å². The molecule has 0 aliphatic carbocycles. The number of nitriles is 1. The third-order valence-electron chi connectivity index (χ3n) is 3.80. The van der Waals surface area contributed by atoms with Crippen LogP contribution < -0.4 is 10.6 Å². The van der Waals surface area contributed by atoms with Crippen molar-refractivity contribution in [2.45, 2.75) is 16.6 Å². The van der Waals surface area contributed by atoms with Gasteiger partial charge in [0.15, 0.2) is 6.61 Å². The zero-order chi connectivity index (χ0) is 20.1. The van der Waals surface area contributed by atoms with Crippen LogP contribution in [0.1, 0.15) is 12.0 Å². The molecule has 28 heavy (non-hydrogen) atoms. The van der Waals surface area contributed by atoms with E-state index in [-0.39, 0.29) is 23.6 Å². The number of nitrogens with zero attached hydrogens (tertiary/aromatic N) is 1. The van der Waals surface area contributed by atoms with Gasteiger partial charge in [-0.15, -0.1) is 11.8 Å². The molecule has 0 saturated carbocycles. The number of amides is 2. The van der Waals surface area contributed by atoms with Gasteiger partial charge in [0.05, 0.1) is 28.6 Å². The Hall–Kier alpha value is -3.02. The molecule has 2 N–H and O–H groups in total. The molecule has 142 valence electrons. The Morgan fingerprint density at radius 3 is 2.86 bits per heavy atom. The summed E-state index contributed by atoms with van der Waals surface area (Å²) in [4.78, 5) is 37.0. The zero-order valence-corrected chi connectivity index (χ0v) is 16.0. The lowest BCUT2D eigenvalue weighted by molar-refractivity contribution is -0.147. The minimum absolute atomic E-state index is 0.168. The molecule has 0 spiro atoms. The molecule has 0 fully saturated rings. The highest BCUT2D eigenvalue weighted by atomic mass is 35.5. The number of para-hydroxylation sites is 1. The Morgan fingerprint density at radius 1 is 1.29 bits per heavy atom. The van der Waals surface area contributed by atoms with Gasteiger partial charge in [-0.25, -0.2) is 0 Å². The molecule has 2 aromatic rings.